The van der Waals surface area contributed by atoms with Crippen molar-refractivity contribution < 1.29 is 9.53 Å². The number of aryl methyl sites for hydroxylation is 2. The van der Waals surface area contributed by atoms with Gasteiger partial charge in [0, 0.05) is 62.4 Å². The van der Waals surface area contributed by atoms with E-state index in [1.54, 1.807) is 4.90 Å². The molecule has 4 rings (SSSR count). The third kappa shape index (κ3) is 4.25. The van der Waals surface area contributed by atoms with Gasteiger partial charge in [0.15, 0.2) is 0 Å². The Morgan fingerprint density at radius 1 is 1.24 bits per heavy atom. The van der Waals surface area contributed by atoms with E-state index in [1.165, 1.54) is 0 Å². The van der Waals surface area contributed by atoms with E-state index >= 15 is 0 Å². The molecule has 1 aromatic rings. The van der Waals surface area contributed by atoms with Gasteiger partial charge in [-0.05, 0) is 39.0 Å². The van der Waals surface area contributed by atoms with Crippen LogP contribution in [0.15, 0.2) is 4.99 Å². The quantitative estimate of drug-likeness (QED) is 0.826. The summed E-state index contributed by atoms with van der Waals surface area (Å²) in [6.07, 6.45) is 7.06. The van der Waals surface area contributed by atoms with Gasteiger partial charge in [-0.25, -0.2) is 4.79 Å². The van der Waals surface area contributed by atoms with Gasteiger partial charge in [-0.2, -0.15) is 0 Å². The predicted molar refractivity (Wildman–Crippen MR) is 115 cm³/mol. The first kappa shape index (κ1) is 20.1. The number of aliphatic imine (C=N–C) groups is 1. The molecule has 7 heteroatoms. The highest BCUT2D eigenvalue weighted by Gasteiger charge is 2.29. The van der Waals surface area contributed by atoms with Crippen LogP contribution in [0.2, 0.25) is 0 Å². The smallest absolute Gasteiger partial charge is 0.320 e. The third-order valence-corrected chi connectivity index (χ3v) is 6.44. The van der Waals surface area contributed by atoms with Crippen LogP contribution in [0.5, 0.6) is 0 Å². The van der Waals surface area contributed by atoms with E-state index in [-0.39, 0.29) is 6.03 Å². The van der Waals surface area contributed by atoms with E-state index in [1.807, 2.05) is 18.2 Å². The van der Waals surface area contributed by atoms with Crippen molar-refractivity contribution in [3.05, 3.63) is 22.5 Å². The molecule has 29 heavy (non-hydrogen) atoms. The maximum absolute atomic E-state index is 12.5. The van der Waals surface area contributed by atoms with Crippen LogP contribution >= 0.6 is 0 Å². The molecule has 2 amide bonds. The second kappa shape index (κ2) is 8.69. The van der Waals surface area contributed by atoms with Crippen LogP contribution in [0.4, 0.5) is 10.5 Å². The molecular weight excluding hydrogens is 366 g/mol. The molecule has 2 fully saturated rings. The van der Waals surface area contributed by atoms with Crippen molar-refractivity contribution in [2.45, 2.75) is 64.6 Å². The average Bonchev–Trinajstić information content (AvgIpc) is 2.92. The minimum atomic E-state index is 0.0936. The van der Waals surface area contributed by atoms with Crippen molar-refractivity contribution in [3.8, 4) is 0 Å². The van der Waals surface area contributed by atoms with E-state index in [0.717, 1.165) is 86.6 Å². The number of aromatic nitrogens is 1. The molecule has 3 aliphatic heterocycles. The summed E-state index contributed by atoms with van der Waals surface area (Å²) in [4.78, 5) is 26.0. The zero-order valence-corrected chi connectivity index (χ0v) is 17.9. The number of ether oxygens (including phenoxy) is 1. The number of nitrogens with one attached hydrogen (secondary N) is 1. The van der Waals surface area contributed by atoms with Crippen molar-refractivity contribution in [1.29, 1.82) is 0 Å². The number of hydrogen-bond acceptors (Lipinski definition) is 5. The lowest BCUT2D eigenvalue weighted by Gasteiger charge is -2.28. The standard InChI is InChI=1S/C22H33N5O2/c1-4-16-5-6-20-18(13-23-16)21(25-17-7-11-29-12-8-17)19(15(2)24-20)14-27-10-9-26(3)22(27)28/h13,16-17H,4-12,14H2,1-3H3,(H,24,25). The number of nitrogens with zero attached hydrogens (tertiary/aromatic N) is 4. The van der Waals surface area contributed by atoms with Crippen LogP contribution in [0.25, 0.3) is 0 Å². The Balaban J connectivity index is 1.72. The van der Waals surface area contributed by atoms with E-state index in [2.05, 4.69) is 19.2 Å². The van der Waals surface area contributed by atoms with Gasteiger partial charge in [-0.15, -0.1) is 0 Å². The molecule has 1 atom stereocenters. The summed E-state index contributed by atoms with van der Waals surface area (Å²) in [5.41, 5.74) is 5.52. The normalized spacial score (nSPS) is 22.7. The largest absolute Gasteiger partial charge is 0.381 e. The van der Waals surface area contributed by atoms with Gasteiger partial charge in [0.25, 0.3) is 0 Å². The number of carbonyl (C=O) groups excluding carboxylic acids is 1. The lowest BCUT2D eigenvalue weighted by molar-refractivity contribution is 0.0904. The molecule has 1 aromatic heterocycles. The van der Waals surface area contributed by atoms with Gasteiger partial charge in [0.1, 0.15) is 0 Å². The Morgan fingerprint density at radius 2 is 2.03 bits per heavy atom. The molecule has 7 nitrogen and oxygen atoms in total. The Bertz CT molecular complexity index is 788. The number of urea groups is 1. The molecule has 4 heterocycles. The minimum Gasteiger partial charge on any atom is -0.381 e. The molecule has 158 valence electrons. The SMILES string of the molecule is CCC1CCc2nc(C)c(CN3CCN(C)C3=O)c(NC3CCOCC3)c2C=N1. The highest BCUT2D eigenvalue weighted by atomic mass is 16.5. The Kier molecular flexibility index (Phi) is 6.04. The first-order valence-corrected chi connectivity index (χ1v) is 11.0. The number of hydrogen-bond donors (Lipinski definition) is 1. The Labute approximate surface area is 173 Å². The molecule has 0 aliphatic carbocycles. The van der Waals surface area contributed by atoms with Crippen LogP contribution in [0.3, 0.4) is 0 Å². The Hall–Kier alpha value is -2.15. The summed E-state index contributed by atoms with van der Waals surface area (Å²) >= 11 is 0. The first-order chi connectivity index (χ1) is 14.1. The predicted octanol–water partition coefficient (Wildman–Crippen LogP) is 2.99. The van der Waals surface area contributed by atoms with Crippen LogP contribution < -0.4 is 5.32 Å². The van der Waals surface area contributed by atoms with Gasteiger partial charge in [-0.3, -0.25) is 9.98 Å². The minimum absolute atomic E-state index is 0.0936. The number of amides is 2. The zero-order chi connectivity index (χ0) is 20.4. The lowest BCUT2D eigenvalue weighted by atomic mass is 9.99. The van der Waals surface area contributed by atoms with Gasteiger partial charge >= 0.3 is 6.03 Å². The van der Waals surface area contributed by atoms with Crippen LogP contribution in [-0.4, -0.2) is 72.5 Å². The van der Waals surface area contributed by atoms with Gasteiger partial charge < -0.3 is 19.9 Å². The van der Waals surface area contributed by atoms with E-state index in [9.17, 15) is 4.79 Å². The molecule has 3 aliphatic rings. The molecule has 0 aromatic carbocycles. The van der Waals surface area contributed by atoms with E-state index < -0.39 is 0 Å². The monoisotopic (exact) mass is 399 g/mol. The fraction of sp³-hybridized carbons (Fsp3) is 0.682. The number of carbonyl (C=O) groups is 1. The molecule has 2 saturated heterocycles. The molecule has 0 bridgehead atoms. The molecule has 0 spiro atoms. The molecular formula is C22H33N5O2. The van der Waals surface area contributed by atoms with Crippen LogP contribution in [0.1, 0.15) is 55.1 Å². The highest BCUT2D eigenvalue weighted by molar-refractivity contribution is 5.91. The van der Waals surface area contributed by atoms with Crippen molar-refractivity contribution in [2.75, 3.05) is 38.7 Å². The maximum Gasteiger partial charge on any atom is 0.320 e. The summed E-state index contributed by atoms with van der Waals surface area (Å²) < 4.78 is 5.55. The summed E-state index contributed by atoms with van der Waals surface area (Å²) in [5, 5.41) is 3.82. The van der Waals surface area contributed by atoms with Crippen LogP contribution in [0, 0.1) is 6.92 Å². The summed E-state index contributed by atoms with van der Waals surface area (Å²) in [6.45, 7) is 7.98. The van der Waals surface area contributed by atoms with E-state index in [4.69, 9.17) is 14.7 Å². The van der Waals surface area contributed by atoms with Crippen molar-refractivity contribution in [1.82, 2.24) is 14.8 Å². The summed E-state index contributed by atoms with van der Waals surface area (Å²) in [6, 6.07) is 0.831. The van der Waals surface area contributed by atoms with Crippen LogP contribution in [-0.2, 0) is 17.7 Å². The number of rotatable bonds is 5. The first-order valence-electron chi connectivity index (χ1n) is 11.0. The number of likely N-dealkylation sites (N-methyl/N-ethyl adjacent to an activating group) is 1. The average molecular weight is 400 g/mol. The maximum atomic E-state index is 12.5. The summed E-state index contributed by atoms with van der Waals surface area (Å²) in [5.74, 6) is 0. The van der Waals surface area contributed by atoms with Gasteiger partial charge in [0.2, 0.25) is 0 Å². The zero-order valence-electron chi connectivity index (χ0n) is 17.9. The van der Waals surface area contributed by atoms with Crippen molar-refractivity contribution >= 4 is 17.9 Å². The second-order valence-corrected chi connectivity index (χ2v) is 8.45. The molecule has 0 radical (unpaired) electrons. The number of anilines is 1. The van der Waals surface area contributed by atoms with Gasteiger partial charge in [-0.1, -0.05) is 6.92 Å². The van der Waals surface area contributed by atoms with Crippen molar-refractivity contribution in [2.24, 2.45) is 4.99 Å². The van der Waals surface area contributed by atoms with Crippen molar-refractivity contribution in [3.63, 3.8) is 0 Å². The third-order valence-electron chi connectivity index (χ3n) is 6.44. The Morgan fingerprint density at radius 3 is 2.72 bits per heavy atom. The summed E-state index contributed by atoms with van der Waals surface area (Å²) in [7, 11) is 1.86. The van der Waals surface area contributed by atoms with Gasteiger partial charge in [0.05, 0.1) is 24.0 Å². The van der Waals surface area contributed by atoms with E-state index in [0.29, 0.717) is 18.6 Å². The highest BCUT2D eigenvalue weighted by Crippen LogP contribution is 2.31. The number of fused-ring (bicyclic) bond motifs is 1. The molecule has 0 saturated carbocycles. The fourth-order valence-corrected chi connectivity index (χ4v) is 4.46. The second-order valence-electron chi connectivity index (χ2n) is 8.45. The number of pyridine rings is 1. The molecule has 1 N–H and O–H groups in total. The molecule has 1 unspecified atom stereocenters. The topological polar surface area (TPSA) is 70.1 Å². The lowest BCUT2D eigenvalue weighted by Crippen LogP contribution is -2.32. The fourth-order valence-electron chi connectivity index (χ4n) is 4.46.